The summed E-state index contributed by atoms with van der Waals surface area (Å²) in [4.78, 5) is 2.43. The number of nitrogens with zero attached hydrogens (tertiary/aromatic N) is 1. The van der Waals surface area contributed by atoms with Crippen LogP contribution in [0.25, 0.3) is 0 Å². The Morgan fingerprint density at radius 3 is 2.73 bits per heavy atom. The van der Waals surface area contributed by atoms with Crippen LogP contribution in [0.4, 0.5) is 5.69 Å². The first-order chi connectivity index (χ1) is 10.9. The highest BCUT2D eigenvalue weighted by Crippen LogP contribution is 2.30. The van der Waals surface area contributed by atoms with E-state index in [0.717, 1.165) is 45.1 Å². The van der Waals surface area contributed by atoms with Crippen molar-refractivity contribution >= 4 is 5.69 Å². The molecule has 1 saturated carbocycles. The van der Waals surface area contributed by atoms with Gasteiger partial charge in [-0.15, -0.1) is 0 Å². The second-order valence-electron chi connectivity index (χ2n) is 6.33. The molecule has 0 bridgehead atoms. The molecule has 4 heteroatoms. The van der Waals surface area contributed by atoms with Crippen molar-refractivity contribution in [3.63, 3.8) is 0 Å². The molecule has 1 aromatic rings. The number of ether oxygens (including phenoxy) is 1. The Morgan fingerprint density at radius 2 is 2.00 bits per heavy atom. The zero-order valence-corrected chi connectivity index (χ0v) is 13.7. The summed E-state index contributed by atoms with van der Waals surface area (Å²) in [5, 5.41) is 7.09. The van der Waals surface area contributed by atoms with Gasteiger partial charge in [0.2, 0.25) is 0 Å². The molecule has 0 radical (unpaired) electrons. The van der Waals surface area contributed by atoms with Gasteiger partial charge in [0.1, 0.15) is 5.75 Å². The van der Waals surface area contributed by atoms with Crippen LogP contribution < -0.4 is 20.3 Å². The summed E-state index contributed by atoms with van der Waals surface area (Å²) in [6.07, 6.45) is 5.42. The summed E-state index contributed by atoms with van der Waals surface area (Å²) in [6.45, 7) is 7.95. The fourth-order valence-corrected chi connectivity index (χ4v) is 3.50. The third-order valence-electron chi connectivity index (χ3n) is 4.73. The van der Waals surface area contributed by atoms with Crippen LogP contribution in [0, 0.1) is 0 Å². The second-order valence-corrected chi connectivity index (χ2v) is 6.33. The predicted octanol–water partition coefficient (Wildman–Crippen LogP) is 2.53. The smallest absolute Gasteiger partial charge is 0.142 e. The van der Waals surface area contributed by atoms with Crippen molar-refractivity contribution in [1.82, 2.24) is 10.6 Å². The van der Waals surface area contributed by atoms with Crippen molar-refractivity contribution < 1.29 is 4.74 Å². The van der Waals surface area contributed by atoms with Gasteiger partial charge >= 0.3 is 0 Å². The Hall–Kier alpha value is -1.26. The molecule has 122 valence electrons. The Labute approximate surface area is 134 Å². The standard InChI is InChI=1S/C18H29N3O/c1-2-22-18-13-15(14-20-16-5-3-4-6-16)7-8-17(18)21-11-9-19-10-12-21/h7-8,13,16,19-20H,2-6,9-12,14H2,1H3. The highest BCUT2D eigenvalue weighted by molar-refractivity contribution is 5.60. The fraction of sp³-hybridized carbons (Fsp3) is 0.667. The molecule has 1 aromatic carbocycles. The minimum absolute atomic E-state index is 0.711. The monoisotopic (exact) mass is 303 g/mol. The van der Waals surface area contributed by atoms with Crippen molar-refractivity contribution in [1.29, 1.82) is 0 Å². The van der Waals surface area contributed by atoms with Crippen molar-refractivity contribution in [2.24, 2.45) is 0 Å². The van der Waals surface area contributed by atoms with Gasteiger partial charge in [0.25, 0.3) is 0 Å². The number of nitrogens with one attached hydrogen (secondary N) is 2. The first kappa shape index (κ1) is 15.6. The topological polar surface area (TPSA) is 36.5 Å². The van der Waals surface area contributed by atoms with Gasteiger partial charge in [-0.25, -0.2) is 0 Å². The normalized spacial score (nSPS) is 19.6. The number of rotatable bonds is 6. The molecule has 2 N–H and O–H groups in total. The average Bonchev–Trinajstić information content (AvgIpc) is 3.08. The summed E-state index contributed by atoms with van der Waals surface area (Å²) in [7, 11) is 0. The maximum atomic E-state index is 5.91. The first-order valence-corrected chi connectivity index (χ1v) is 8.81. The Morgan fingerprint density at radius 1 is 1.23 bits per heavy atom. The zero-order chi connectivity index (χ0) is 15.2. The van der Waals surface area contributed by atoms with Crippen molar-refractivity contribution in [2.75, 3.05) is 37.7 Å². The molecule has 0 unspecified atom stereocenters. The SMILES string of the molecule is CCOc1cc(CNC2CCCC2)ccc1N1CCNCC1. The van der Waals surface area contributed by atoms with E-state index in [-0.39, 0.29) is 0 Å². The van der Waals surface area contributed by atoms with E-state index in [0.29, 0.717) is 6.04 Å². The van der Waals surface area contributed by atoms with Crippen LogP contribution >= 0.6 is 0 Å². The summed E-state index contributed by atoms with van der Waals surface area (Å²) in [5.41, 5.74) is 2.57. The van der Waals surface area contributed by atoms with E-state index in [1.807, 2.05) is 0 Å². The highest BCUT2D eigenvalue weighted by Gasteiger charge is 2.17. The third-order valence-corrected chi connectivity index (χ3v) is 4.73. The van der Waals surface area contributed by atoms with E-state index >= 15 is 0 Å². The van der Waals surface area contributed by atoms with Crippen LogP contribution in [-0.4, -0.2) is 38.8 Å². The van der Waals surface area contributed by atoms with E-state index in [1.54, 1.807) is 0 Å². The third kappa shape index (κ3) is 3.93. The van der Waals surface area contributed by atoms with Gasteiger partial charge in [0.05, 0.1) is 12.3 Å². The van der Waals surface area contributed by atoms with Crippen molar-refractivity contribution in [2.45, 2.75) is 45.2 Å². The molecule has 22 heavy (non-hydrogen) atoms. The predicted molar refractivity (Wildman–Crippen MR) is 91.8 cm³/mol. The van der Waals surface area contributed by atoms with Crippen LogP contribution in [0.2, 0.25) is 0 Å². The molecule has 2 aliphatic rings. The molecule has 1 heterocycles. The molecule has 0 aromatic heterocycles. The lowest BCUT2D eigenvalue weighted by Gasteiger charge is -2.31. The van der Waals surface area contributed by atoms with E-state index < -0.39 is 0 Å². The molecule has 1 saturated heterocycles. The van der Waals surface area contributed by atoms with Crippen molar-refractivity contribution in [3.05, 3.63) is 23.8 Å². The maximum absolute atomic E-state index is 5.91. The minimum atomic E-state index is 0.711. The summed E-state index contributed by atoms with van der Waals surface area (Å²) < 4.78 is 5.91. The van der Waals surface area contributed by atoms with Gasteiger partial charge in [-0.3, -0.25) is 0 Å². The lowest BCUT2D eigenvalue weighted by atomic mass is 10.1. The number of hydrogen-bond donors (Lipinski definition) is 2. The largest absolute Gasteiger partial charge is 0.492 e. The first-order valence-electron chi connectivity index (χ1n) is 8.81. The molecule has 0 spiro atoms. The van der Waals surface area contributed by atoms with Gasteiger partial charge in [-0.05, 0) is 37.5 Å². The number of benzene rings is 1. The van der Waals surface area contributed by atoms with Gasteiger partial charge in [-0.2, -0.15) is 0 Å². The summed E-state index contributed by atoms with van der Waals surface area (Å²) in [5.74, 6) is 1.04. The van der Waals surface area contributed by atoms with Crippen LogP contribution in [0.5, 0.6) is 5.75 Å². The number of piperazine rings is 1. The van der Waals surface area contributed by atoms with E-state index in [2.05, 4.69) is 40.7 Å². The average molecular weight is 303 g/mol. The van der Waals surface area contributed by atoms with Gasteiger partial charge in [0.15, 0.2) is 0 Å². The van der Waals surface area contributed by atoms with Crippen LogP contribution in [0.3, 0.4) is 0 Å². The Balaban J connectivity index is 1.68. The van der Waals surface area contributed by atoms with Crippen LogP contribution in [0.15, 0.2) is 18.2 Å². The highest BCUT2D eigenvalue weighted by atomic mass is 16.5. The summed E-state index contributed by atoms with van der Waals surface area (Å²) in [6, 6.07) is 7.43. The fourth-order valence-electron chi connectivity index (χ4n) is 3.50. The van der Waals surface area contributed by atoms with Gasteiger partial charge in [-0.1, -0.05) is 18.9 Å². The number of hydrogen-bond acceptors (Lipinski definition) is 4. The van der Waals surface area contributed by atoms with Gasteiger partial charge in [0, 0.05) is 38.8 Å². The van der Waals surface area contributed by atoms with E-state index in [4.69, 9.17) is 4.74 Å². The van der Waals surface area contributed by atoms with Crippen LogP contribution in [-0.2, 0) is 6.54 Å². The molecular formula is C18H29N3O. The zero-order valence-electron chi connectivity index (χ0n) is 13.7. The second kappa shape index (κ2) is 7.84. The molecular weight excluding hydrogens is 274 g/mol. The van der Waals surface area contributed by atoms with Crippen LogP contribution in [0.1, 0.15) is 38.2 Å². The van der Waals surface area contributed by atoms with E-state index in [9.17, 15) is 0 Å². The molecule has 1 aliphatic carbocycles. The molecule has 4 nitrogen and oxygen atoms in total. The number of anilines is 1. The summed E-state index contributed by atoms with van der Waals surface area (Å²) >= 11 is 0. The maximum Gasteiger partial charge on any atom is 0.142 e. The Kier molecular flexibility index (Phi) is 5.57. The van der Waals surface area contributed by atoms with E-state index in [1.165, 1.54) is 36.9 Å². The van der Waals surface area contributed by atoms with Crippen molar-refractivity contribution in [3.8, 4) is 5.75 Å². The molecule has 1 aliphatic heterocycles. The molecule has 0 atom stereocenters. The molecule has 2 fully saturated rings. The molecule has 3 rings (SSSR count). The lowest BCUT2D eigenvalue weighted by Crippen LogP contribution is -2.43. The lowest BCUT2D eigenvalue weighted by molar-refractivity contribution is 0.339. The van der Waals surface area contributed by atoms with Gasteiger partial charge < -0.3 is 20.3 Å². The molecule has 0 amide bonds. The Bertz CT molecular complexity index is 465. The quantitative estimate of drug-likeness (QED) is 0.847. The minimum Gasteiger partial charge on any atom is -0.492 e.